The van der Waals surface area contributed by atoms with Crippen molar-refractivity contribution >= 4 is 54.1 Å². The van der Waals surface area contributed by atoms with Crippen LogP contribution in [-0.4, -0.2) is 66.2 Å². The summed E-state index contributed by atoms with van der Waals surface area (Å²) in [6.45, 7) is 4.31. The van der Waals surface area contributed by atoms with Crippen LogP contribution < -0.4 is 27.9 Å². The third kappa shape index (κ3) is 6.17. The first-order valence-corrected chi connectivity index (χ1v) is 15.7. The summed E-state index contributed by atoms with van der Waals surface area (Å²) in [5.41, 5.74) is 3.96. The topological polar surface area (TPSA) is 9.72 Å². The minimum atomic E-state index is -2.09. The van der Waals surface area contributed by atoms with Gasteiger partial charge in [0.1, 0.15) is 0 Å². The zero-order valence-electron chi connectivity index (χ0n) is 20.3. The van der Waals surface area contributed by atoms with Crippen LogP contribution in [0.4, 0.5) is 17.1 Å². The van der Waals surface area contributed by atoms with Crippen molar-refractivity contribution < 1.29 is 0 Å². The third-order valence-corrected chi connectivity index (χ3v) is 11.0. The molecule has 3 nitrogen and oxygen atoms in total. The molecule has 3 aromatic carbocycles. The van der Waals surface area contributed by atoms with E-state index in [0.29, 0.717) is 0 Å². The Morgan fingerprint density at radius 2 is 0.710 bits per heavy atom. The van der Waals surface area contributed by atoms with Crippen LogP contribution in [0.1, 0.15) is 0 Å². The Labute approximate surface area is 196 Å². The summed E-state index contributed by atoms with van der Waals surface area (Å²) in [6, 6.07) is 26.7. The molecule has 0 aliphatic rings. The first-order chi connectivity index (χ1) is 14.8. The van der Waals surface area contributed by atoms with Crippen LogP contribution in [0.15, 0.2) is 72.8 Å². The van der Waals surface area contributed by atoms with Gasteiger partial charge in [-0.05, 0) is 0 Å². The van der Waals surface area contributed by atoms with E-state index in [1.165, 1.54) is 30.2 Å². The van der Waals surface area contributed by atoms with Crippen LogP contribution in [0, 0.1) is 0 Å². The Kier molecular flexibility index (Phi) is 9.72. The first-order valence-electron chi connectivity index (χ1n) is 10.6. The van der Waals surface area contributed by atoms with Gasteiger partial charge in [0.05, 0.1) is 0 Å². The maximum atomic E-state index is 2.34. The number of hydrogen-bond acceptors (Lipinski definition) is 3. The van der Waals surface area contributed by atoms with E-state index < -0.39 is 14.3 Å². The van der Waals surface area contributed by atoms with Crippen molar-refractivity contribution in [2.24, 2.45) is 0 Å². The number of benzene rings is 3. The molecule has 0 bridgehead atoms. The van der Waals surface area contributed by atoms with E-state index in [1.54, 1.807) is 0 Å². The van der Waals surface area contributed by atoms with E-state index in [9.17, 15) is 0 Å². The second-order valence-electron chi connectivity index (χ2n) is 8.11. The molecule has 163 valence electrons. The Morgan fingerprint density at radius 3 is 0.935 bits per heavy atom. The molecule has 0 unspecified atom stereocenters. The van der Waals surface area contributed by atoms with E-state index >= 15 is 0 Å². The maximum Gasteiger partial charge on any atom is 0.0307 e. The van der Waals surface area contributed by atoms with Gasteiger partial charge in [-0.25, -0.2) is 0 Å². The van der Waals surface area contributed by atoms with Crippen molar-refractivity contribution in [3.8, 4) is 0 Å². The molecule has 0 atom stereocenters. The molecule has 0 N–H and O–H groups in total. The fraction of sp³-hybridized carbons (Fsp3) is 0.308. The molecule has 0 saturated heterocycles. The molecule has 0 aliphatic heterocycles. The molecule has 0 aromatic heterocycles. The van der Waals surface area contributed by atoms with Gasteiger partial charge in [0.2, 0.25) is 0 Å². The van der Waals surface area contributed by atoms with E-state index in [1.807, 2.05) is 0 Å². The van der Waals surface area contributed by atoms with Crippen molar-refractivity contribution in [1.29, 1.82) is 0 Å². The zero-order valence-corrected chi connectivity index (χ0v) is 23.4. The Balaban J connectivity index is 0.00000107. The van der Waals surface area contributed by atoms with Gasteiger partial charge in [0.15, 0.2) is 0 Å². The van der Waals surface area contributed by atoms with E-state index in [4.69, 9.17) is 0 Å². The van der Waals surface area contributed by atoms with Gasteiger partial charge in [0.25, 0.3) is 0 Å². The van der Waals surface area contributed by atoms with Crippen molar-refractivity contribution in [1.82, 2.24) is 0 Å². The summed E-state index contributed by atoms with van der Waals surface area (Å²) in [5, 5.41) is 0. The quantitative estimate of drug-likeness (QED) is 0.491. The maximum absolute atomic E-state index is 2.34. The molecule has 0 amide bonds. The third-order valence-electron chi connectivity index (χ3n) is 4.97. The summed E-state index contributed by atoms with van der Waals surface area (Å²) in [5.74, 6) is 0. The van der Waals surface area contributed by atoms with Gasteiger partial charge in [-0.2, -0.15) is 0 Å². The largest absolute Gasteiger partial charge is 0.0735 e. The summed E-state index contributed by atoms with van der Waals surface area (Å²) in [6.07, 6.45) is 0. The van der Waals surface area contributed by atoms with Crippen LogP contribution >= 0.6 is 0 Å². The van der Waals surface area contributed by atoms with Crippen molar-refractivity contribution in [2.45, 2.75) is 13.1 Å². The molecule has 0 aliphatic carbocycles. The number of hydrogen-bond donors (Lipinski definition) is 0. The van der Waals surface area contributed by atoms with E-state index in [-0.39, 0.29) is 0 Å². The predicted octanol–water partition coefficient (Wildman–Crippen LogP) is 3.19. The van der Waals surface area contributed by atoms with Crippen LogP contribution in [0.3, 0.4) is 0 Å². The van der Waals surface area contributed by atoms with Gasteiger partial charge in [-0.1, -0.05) is 13.1 Å². The zero-order chi connectivity index (χ0) is 23.0. The standard InChI is InChI=1S/C24H30GeN3.C2H6Si/c1-26(2)22-16-10-7-13-19(22)25(20-14-8-11-17-23(20)27(3)4)21-15-9-12-18-24(21)28(5)6;1-3-2/h7-18H,1-6H3;1-2H3. The Morgan fingerprint density at radius 1 is 0.484 bits per heavy atom. The normalized spacial score (nSPS) is 10.4. The van der Waals surface area contributed by atoms with Gasteiger partial charge in [0, 0.05) is 9.52 Å². The van der Waals surface area contributed by atoms with Crippen molar-refractivity contribution in [3.05, 3.63) is 72.8 Å². The van der Waals surface area contributed by atoms with Gasteiger partial charge in [-0.3, -0.25) is 0 Å². The number of rotatable bonds is 6. The summed E-state index contributed by atoms with van der Waals surface area (Å²) < 4.78 is 4.45. The number of nitrogens with zero attached hydrogens (tertiary/aromatic N) is 3. The molecule has 3 radical (unpaired) electrons. The van der Waals surface area contributed by atoms with Gasteiger partial charge in [-0.15, -0.1) is 0 Å². The molecular formula is C26H36GeN3Si. The minimum absolute atomic E-state index is 1.08. The fourth-order valence-electron chi connectivity index (χ4n) is 3.66. The minimum Gasteiger partial charge on any atom is -0.0735 e. The second-order valence-corrected chi connectivity index (χ2v) is 14.1. The average molecular weight is 491 g/mol. The SMILES string of the molecule is CN(C)c1cccc[c]1[Ge]([c]1ccccc1N(C)C)[c]1ccccc1N(C)C.C[Si]C. The molecular weight excluding hydrogens is 455 g/mol. The first kappa shape index (κ1) is 25.1. The Hall–Kier alpha value is -2.18. The van der Waals surface area contributed by atoms with Gasteiger partial charge < -0.3 is 0 Å². The van der Waals surface area contributed by atoms with Crippen LogP contribution in [-0.2, 0) is 0 Å². The second kappa shape index (κ2) is 12.0. The van der Waals surface area contributed by atoms with Crippen LogP contribution in [0.5, 0.6) is 0 Å². The number of anilines is 3. The predicted molar refractivity (Wildman–Crippen MR) is 144 cm³/mol. The monoisotopic (exact) mass is 492 g/mol. The van der Waals surface area contributed by atoms with Crippen molar-refractivity contribution in [2.75, 3.05) is 57.0 Å². The molecule has 0 fully saturated rings. The summed E-state index contributed by atoms with van der Waals surface area (Å²) in [7, 11) is 13.9. The van der Waals surface area contributed by atoms with Crippen LogP contribution in [0.2, 0.25) is 13.1 Å². The molecule has 3 rings (SSSR count). The molecule has 3 aromatic rings. The molecule has 0 spiro atoms. The molecule has 31 heavy (non-hydrogen) atoms. The van der Waals surface area contributed by atoms with Gasteiger partial charge >= 0.3 is 174 Å². The molecule has 0 heterocycles. The molecule has 5 heteroatoms. The molecule has 0 saturated carbocycles. The number of para-hydroxylation sites is 3. The van der Waals surface area contributed by atoms with Crippen molar-refractivity contribution in [3.63, 3.8) is 0 Å². The Bertz CT molecular complexity index is 834. The average Bonchev–Trinajstić information content (AvgIpc) is 2.75. The fourth-order valence-corrected chi connectivity index (χ4v) is 10.7. The smallest absolute Gasteiger partial charge is 0.0307 e. The van der Waals surface area contributed by atoms with E-state index in [0.717, 1.165) is 9.52 Å². The van der Waals surface area contributed by atoms with Crippen LogP contribution in [0.25, 0.3) is 0 Å². The van der Waals surface area contributed by atoms with E-state index in [2.05, 4.69) is 143 Å². The summed E-state index contributed by atoms with van der Waals surface area (Å²) in [4.78, 5) is 6.75. The summed E-state index contributed by atoms with van der Waals surface area (Å²) >= 11 is -2.09.